The molecule has 0 bridgehead atoms. The van der Waals surface area contributed by atoms with Crippen molar-refractivity contribution in [1.82, 2.24) is 19.4 Å². The molecule has 3 aromatic rings. The summed E-state index contributed by atoms with van der Waals surface area (Å²) < 4.78 is 12.8. The number of carbonyl (C=O) groups excluding carboxylic acids is 1. The van der Waals surface area contributed by atoms with Crippen molar-refractivity contribution in [1.29, 1.82) is 0 Å². The number of carbonyl (C=O) groups is 1. The first kappa shape index (κ1) is 16.7. The number of hydrogen-bond donors (Lipinski definition) is 0. The van der Waals surface area contributed by atoms with Gasteiger partial charge in [0, 0.05) is 30.9 Å². The van der Waals surface area contributed by atoms with E-state index < -0.39 is 0 Å². The SMILES string of the molecule is CC(Oc1nccc(C(=O)n2ccc3ccccc32)n1)N1CCOCC1. The Labute approximate surface area is 151 Å². The van der Waals surface area contributed by atoms with Gasteiger partial charge in [0.05, 0.1) is 18.7 Å². The van der Waals surface area contributed by atoms with E-state index in [9.17, 15) is 4.79 Å². The minimum absolute atomic E-state index is 0.184. The molecule has 1 fully saturated rings. The van der Waals surface area contributed by atoms with Gasteiger partial charge in [0.15, 0.2) is 6.23 Å². The Morgan fingerprint density at radius 3 is 2.85 bits per heavy atom. The van der Waals surface area contributed by atoms with Crippen molar-refractivity contribution in [2.24, 2.45) is 0 Å². The molecule has 4 rings (SSSR count). The molecule has 1 aliphatic rings. The van der Waals surface area contributed by atoms with Gasteiger partial charge >= 0.3 is 6.01 Å². The highest BCUT2D eigenvalue weighted by Crippen LogP contribution is 2.17. The molecule has 0 N–H and O–H groups in total. The summed E-state index contributed by atoms with van der Waals surface area (Å²) in [7, 11) is 0. The maximum absolute atomic E-state index is 12.9. The summed E-state index contributed by atoms with van der Waals surface area (Å²) in [6.07, 6.45) is 3.12. The van der Waals surface area contributed by atoms with Gasteiger partial charge in [-0.25, -0.2) is 4.98 Å². The van der Waals surface area contributed by atoms with Crippen molar-refractivity contribution >= 4 is 16.8 Å². The van der Waals surface area contributed by atoms with E-state index in [2.05, 4.69) is 14.9 Å². The average Bonchev–Trinajstić information content (AvgIpc) is 3.12. The van der Waals surface area contributed by atoms with E-state index in [-0.39, 0.29) is 18.1 Å². The molecule has 2 aromatic heterocycles. The van der Waals surface area contributed by atoms with Gasteiger partial charge in [-0.2, -0.15) is 4.98 Å². The molecule has 0 aliphatic carbocycles. The van der Waals surface area contributed by atoms with Crippen molar-refractivity contribution in [3.63, 3.8) is 0 Å². The molecule has 0 spiro atoms. The highest BCUT2D eigenvalue weighted by molar-refractivity contribution is 6.00. The second-order valence-corrected chi connectivity index (χ2v) is 6.14. The van der Waals surface area contributed by atoms with Gasteiger partial charge in [0.25, 0.3) is 5.91 Å². The molecule has 3 heterocycles. The molecular weight excluding hydrogens is 332 g/mol. The lowest BCUT2D eigenvalue weighted by molar-refractivity contribution is -0.0405. The minimum atomic E-state index is -0.211. The molecule has 134 valence electrons. The van der Waals surface area contributed by atoms with Crippen molar-refractivity contribution in [2.75, 3.05) is 26.3 Å². The first-order valence-corrected chi connectivity index (χ1v) is 8.65. The topological polar surface area (TPSA) is 69.5 Å². The maximum atomic E-state index is 12.9. The second kappa shape index (κ2) is 7.23. The van der Waals surface area contributed by atoms with Gasteiger partial charge in [-0.3, -0.25) is 14.3 Å². The molecule has 7 nitrogen and oxygen atoms in total. The molecule has 26 heavy (non-hydrogen) atoms. The van der Waals surface area contributed by atoms with Crippen LogP contribution in [0, 0.1) is 0 Å². The van der Waals surface area contributed by atoms with Crippen molar-refractivity contribution in [3.8, 4) is 6.01 Å². The third-order valence-corrected chi connectivity index (χ3v) is 4.51. The van der Waals surface area contributed by atoms with Crippen LogP contribution in [0.3, 0.4) is 0 Å². The smallest absolute Gasteiger partial charge is 0.318 e. The van der Waals surface area contributed by atoms with Crippen LogP contribution < -0.4 is 4.74 Å². The molecule has 0 saturated carbocycles. The van der Waals surface area contributed by atoms with Crippen LogP contribution in [0.5, 0.6) is 6.01 Å². The van der Waals surface area contributed by atoms with E-state index in [1.165, 1.54) is 0 Å². The number of morpholine rings is 1. The van der Waals surface area contributed by atoms with Crippen molar-refractivity contribution in [2.45, 2.75) is 13.2 Å². The normalized spacial score (nSPS) is 16.5. The second-order valence-electron chi connectivity index (χ2n) is 6.14. The van der Waals surface area contributed by atoms with E-state index in [0.717, 1.165) is 24.0 Å². The monoisotopic (exact) mass is 352 g/mol. The fraction of sp³-hybridized carbons (Fsp3) is 0.316. The predicted octanol–water partition coefficient (Wildman–Crippen LogP) is 2.18. The van der Waals surface area contributed by atoms with E-state index in [1.54, 1.807) is 23.0 Å². The Morgan fingerprint density at radius 1 is 1.19 bits per heavy atom. The summed E-state index contributed by atoms with van der Waals surface area (Å²) in [5.74, 6) is -0.211. The van der Waals surface area contributed by atoms with E-state index in [0.29, 0.717) is 18.9 Å². The summed E-state index contributed by atoms with van der Waals surface area (Å²) >= 11 is 0. The number of rotatable bonds is 4. The Hall–Kier alpha value is -2.77. The van der Waals surface area contributed by atoms with Gasteiger partial charge in [-0.05, 0) is 25.1 Å². The molecule has 1 unspecified atom stereocenters. The number of para-hydroxylation sites is 1. The standard InChI is InChI=1S/C19H20N4O3/c1-14(22-10-12-25-13-11-22)26-19-20-8-6-16(21-19)18(24)23-9-7-15-4-2-3-5-17(15)23/h2-9,14H,10-13H2,1H3. The largest absolute Gasteiger partial charge is 0.444 e. The third-order valence-electron chi connectivity index (χ3n) is 4.51. The molecule has 1 saturated heterocycles. The summed E-state index contributed by atoms with van der Waals surface area (Å²) in [4.78, 5) is 23.5. The first-order valence-electron chi connectivity index (χ1n) is 8.65. The first-order chi connectivity index (χ1) is 12.7. The summed E-state index contributed by atoms with van der Waals surface area (Å²) in [5.41, 5.74) is 1.14. The number of ether oxygens (including phenoxy) is 2. The van der Waals surface area contributed by atoms with Crippen LogP contribution in [0.15, 0.2) is 48.8 Å². The number of fused-ring (bicyclic) bond motifs is 1. The van der Waals surface area contributed by atoms with Crippen LogP contribution in [-0.4, -0.2) is 57.9 Å². The van der Waals surface area contributed by atoms with E-state index in [4.69, 9.17) is 9.47 Å². The van der Waals surface area contributed by atoms with Crippen LogP contribution >= 0.6 is 0 Å². The molecular formula is C19H20N4O3. The number of aromatic nitrogens is 3. The summed E-state index contributed by atoms with van der Waals surface area (Å²) in [5, 5.41) is 1.01. The lowest BCUT2D eigenvalue weighted by atomic mass is 10.2. The van der Waals surface area contributed by atoms with Gasteiger partial charge in [0.2, 0.25) is 0 Å². The fourth-order valence-electron chi connectivity index (χ4n) is 3.07. The van der Waals surface area contributed by atoms with Crippen LogP contribution in [0.25, 0.3) is 10.9 Å². The molecule has 1 atom stereocenters. The zero-order chi connectivity index (χ0) is 17.9. The highest BCUT2D eigenvalue weighted by atomic mass is 16.5. The number of benzene rings is 1. The van der Waals surface area contributed by atoms with Crippen LogP contribution in [0.1, 0.15) is 17.4 Å². The minimum Gasteiger partial charge on any atom is -0.444 e. The Bertz CT molecular complexity index is 918. The van der Waals surface area contributed by atoms with E-state index in [1.807, 2.05) is 37.3 Å². The molecule has 7 heteroatoms. The number of nitrogens with zero attached hydrogens (tertiary/aromatic N) is 4. The molecule has 0 radical (unpaired) electrons. The third kappa shape index (κ3) is 3.31. The lowest BCUT2D eigenvalue weighted by Gasteiger charge is -2.31. The predicted molar refractivity (Wildman–Crippen MR) is 96.2 cm³/mol. The van der Waals surface area contributed by atoms with Crippen LogP contribution in [0.4, 0.5) is 0 Å². The van der Waals surface area contributed by atoms with Crippen LogP contribution in [0.2, 0.25) is 0 Å². The quantitative estimate of drug-likeness (QED) is 0.717. The van der Waals surface area contributed by atoms with Crippen LogP contribution in [-0.2, 0) is 4.74 Å². The zero-order valence-electron chi connectivity index (χ0n) is 14.5. The van der Waals surface area contributed by atoms with Crippen molar-refractivity contribution in [3.05, 3.63) is 54.5 Å². The molecule has 1 aromatic carbocycles. The zero-order valence-corrected chi connectivity index (χ0v) is 14.5. The summed E-state index contributed by atoms with van der Waals surface area (Å²) in [6, 6.07) is 11.4. The lowest BCUT2D eigenvalue weighted by Crippen LogP contribution is -2.44. The highest BCUT2D eigenvalue weighted by Gasteiger charge is 2.20. The summed E-state index contributed by atoms with van der Waals surface area (Å²) in [6.45, 7) is 4.93. The van der Waals surface area contributed by atoms with Gasteiger partial charge in [0.1, 0.15) is 5.69 Å². The fourth-order valence-corrected chi connectivity index (χ4v) is 3.07. The van der Waals surface area contributed by atoms with Gasteiger partial charge < -0.3 is 9.47 Å². The number of hydrogen-bond acceptors (Lipinski definition) is 6. The molecule has 1 aliphatic heterocycles. The Morgan fingerprint density at radius 2 is 2.00 bits per heavy atom. The van der Waals surface area contributed by atoms with Gasteiger partial charge in [-0.1, -0.05) is 18.2 Å². The Kier molecular flexibility index (Phi) is 4.64. The molecule has 0 amide bonds. The average molecular weight is 352 g/mol. The van der Waals surface area contributed by atoms with Crippen molar-refractivity contribution < 1.29 is 14.3 Å². The van der Waals surface area contributed by atoms with Gasteiger partial charge in [-0.15, -0.1) is 0 Å². The Balaban J connectivity index is 1.54. The maximum Gasteiger partial charge on any atom is 0.318 e. The van der Waals surface area contributed by atoms with E-state index >= 15 is 0 Å².